The summed E-state index contributed by atoms with van der Waals surface area (Å²) < 4.78 is 21.2. The van der Waals surface area contributed by atoms with Crippen LogP contribution < -0.4 is 0 Å². The Balaban J connectivity index is 3.21. The van der Waals surface area contributed by atoms with Gasteiger partial charge in [-0.25, -0.2) is 8.42 Å². The van der Waals surface area contributed by atoms with Crippen LogP contribution in [0.2, 0.25) is 0 Å². The molecule has 0 aromatic rings. The molecule has 2 nitrogen and oxygen atoms in total. The minimum absolute atomic E-state index is 0.354. The zero-order valence-corrected chi connectivity index (χ0v) is 7.58. The van der Waals surface area contributed by atoms with E-state index in [1.54, 1.807) is 0 Å². The molecule has 0 aliphatic carbocycles. The highest BCUT2D eigenvalue weighted by molar-refractivity contribution is 7.90. The average molecular weight is 164 g/mol. The quantitative estimate of drug-likeness (QED) is 0.578. The van der Waals surface area contributed by atoms with Gasteiger partial charge in [-0.1, -0.05) is 26.2 Å². The minimum Gasteiger partial charge on any atom is -0.229 e. The van der Waals surface area contributed by atoms with Crippen molar-refractivity contribution in [3.8, 4) is 0 Å². The predicted octanol–water partition coefficient (Wildman–Crippen LogP) is 1.61. The van der Waals surface area contributed by atoms with Crippen LogP contribution in [0.1, 0.15) is 32.6 Å². The fourth-order valence-corrected chi connectivity index (χ4v) is 1.52. The summed E-state index contributed by atoms with van der Waals surface area (Å²) in [5, 5.41) is 0. The number of hydrogen-bond donors (Lipinski definition) is 0. The van der Waals surface area contributed by atoms with Gasteiger partial charge in [-0.05, 0) is 6.42 Å². The van der Waals surface area contributed by atoms with Gasteiger partial charge in [0, 0.05) is 12.0 Å². The lowest BCUT2D eigenvalue weighted by Gasteiger charge is -1.96. The van der Waals surface area contributed by atoms with Crippen molar-refractivity contribution < 1.29 is 8.42 Å². The van der Waals surface area contributed by atoms with Crippen LogP contribution >= 0.6 is 0 Å². The third-order valence-electron chi connectivity index (χ3n) is 1.37. The van der Waals surface area contributed by atoms with Crippen molar-refractivity contribution in [1.29, 1.82) is 0 Å². The topological polar surface area (TPSA) is 34.1 Å². The van der Waals surface area contributed by atoms with Gasteiger partial charge < -0.3 is 0 Å². The van der Waals surface area contributed by atoms with Crippen molar-refractivity contribution in [3.63, 3.8) is 0 Å². The fraction of sp³-hybridized carbons (Fsp3) is 1.00. The molecule has 3 heteroatoms. The van der Waals surface area contributed by atoms with Crippen LogP contribution in [-0.4, -0.2) is 20.4 Å². The molecule has 0 rings (SSSR count). The Morgan fingerprint density at radius 1 is 1.10 bits per heavy atom. The Kier molecular flexibility index (Phi) is 4.69. The Morgan fingerprint density at radius 3 is 2.10 bits per heavy atom. The van der Waals surface area contributed by atoms with Crippen molar-refractivity contribution in [1.82, 2.24) is 0 Å². The van der Waals surface area contributed by atoms with E-state index in [0.717, 1.165) is 25.7 Å². The second-order valence-electron chi connectivity index (χ2n) is 2.69. The molecule has 0 aliphatic rings. The molecule has 0 saturated carbocycles. The molecule has 0 heterocycles. The summed E-state index contributed by atoms with van der Waals surface area (Å²) in [7, 11) is -2.70. The van der Waals surface area contributed by atoms with Crippen LogP contribution in [0.5, 0.6) is 0 Å². The van der Waals surface area contributed by atoms with E-state index in [2.05, 4.69) is 6.92 Å². The van der Waals surface area contributed by atoms with Crippen molar-refractivity contribution in [2.75, 3.05) is 12.0 Å². The van der Waals surface area contributed by atoms with Gasteiger partial charge in [0.05, 0.1) is 0 Å². The van der Waals surface area contributed by atoms with Crippen molar-refractivity contribution in [2.45, 2.75) is 32.6 Å². The van der Waals surface area contributed by atoms with Gasteiger partial charge in [-0.15, -0.1) is 0 Å². The summed E-state index contributed by atoms with van der Waals surface area (Å²) in [4.78, 5) is 0. The SMILES string of the molecule is CCCCCCS(C)(=O)=O. The number of unbranched alkanes of at least 4 members (excludes halogenated alkanes) is 3. The molecule has 0 bridgehead atoms. The first-order valence-electron chi connectivity index (χ1n) is 3.74. The molecule has 0 radical (unpaired) electrons. The second-order valence-corrected chi connectivity index (χ2v) is 4.95. The van der Waals surface area contributed by atoms with E-state index in [1.807, 2.05) is 0 Å². The van der Waals surface area contributed by atoms with Crippen molar-refractivity contribution >= 4 is 9.84 Å². The van der Waals surface area contributed by atoms with Crippen LogP contribution in [0.3, 0.4) is 0 Å². The molecule has 0 N–H and O–H groups in total. The van der Waals surface area contributed by atoms with Gasteiger partial charge in [-0.2, -0.15) is 0 Å². The Labute approximate surface area is 63.6 Å². The zero-order chi connectivity index (χ0) is 8.04. The number of hydrogen-bond acceptors (Lipinski definition) is 2. The maximum atomic E-state index is 10.6. The lowest BCUT2D eigenvalue weighted by Crippen LogP contribution is -2.02. The highest BCUT2D eigenvalue weighted by Gasteiger charge is 1.99. The molecule has 10 heavy (non-hydrogen) atoms. The molecule has 0 unspecified atom stereocenters. The monoisotopic (exact) mass is 164 g/mol. The van der Waals surface area contributed by atoms with Gasteiger partial charge in [0.1, 0.15) is 9.84 Å². The maximum absolute atomic E-state index is 10.6. The van der Waals surface area contributed by atoms with E-state index in [-0.39, 0.29) is 0 Å². The zero-order valence-electron chi connectivity index (χ0n) is 6.76. The normalized spacial score (nSPS) is 11.8. The first-order chi connectivity index (χ1) is 4.56. The van der Waals surface area contributed by atoms with Crippen LogP contribution in [0.4, 0.5) is 0 Å². The fourth-order valence-electron chi connectivity index (χ4n) is 0.791. The first kappa shape index (κ1) is 9.95. The van der Waals surface area contributed by atoms with Crippen molar-refractivity contribution in [3.05, 3.63) is 0 Å². The molecule has 0 aromatic heterocycles. The molecule has 62 valence electrons. The third kappa shape index (κ3) is 7.95. The summed E-state index contributed by atoms with van der Waals surface area (Å²) in [6.45, 7) is 2.11. The highest BCUT2D eigenvalue weighted by Crippen LogP contribution is 2.00. The van der Waals surface area contributed by atoms with Crippen LogP contribution in [-0.2, 0) is 9.84 Å². The lowest BCUT2D eigenvalue weighted by atomic mass is 10.2. The summed E-state index contributed by atoms with van der Waals surface area (Å²) in [5.74, 6) is 0.354. The minimum atomic E-state index is -2.70. The summed E-state index contributed by atoms with van der Waals surface area (Å²) in [6.07, 6.45) is 5.47. The standard InChI is InChI=1S/C7H16O2S/c1-3-4-5-6-7-10(2,8)9/h3-7H2,1-2H3. The van der Waals surface area contributed by atoms with Gasteiger partial charge >= 0.3 is 0 Å². The van der Waals surface area contributed by atoms with E-state index in [1.165, 1.54) is 6.26 Å². The summed E-state index contributed by atoms with van der Waals surface area (Å²) >= 11 is 0. The molecular formula is C7H16O2S. The third-order valence-corrected chi connectivity index (χ3v) is 2.40. The molecule has 0 spiro atoms. The molecular weight excluding hydrogens is 148 g/mol. The van der Waals surface area contributed by atoms with E-state index >= 15 is 0 Å². The Morgan fingerprint density at radius 2 is 1.70 bits per heavy atom. The Bertz CT molecular complexity index is 158. The van der Waals surface area contributed by atoms with Crippen LogP contribution in [0, 0.1) is 0 Å². The molecule has 0 fully saturated rings. The summed E-state index contributed by atoms with van der Waals surface area (Å²) in [5.41, 5.74) is 0. The molecule has 0 aliphatic heterocycles. The first-order valence-corrected chi connectivity index (χ1v) is 5.80. The van der Waals surface area contributed by atoms with Crippen LogP contribution in [0.15, 0.2) is 0 Å². The predicted molar refractivity (Wildman–Crippen MR) is 43.9 cm³/mol. The van der Waals surface area contributed by atoms with Crippen LogP contribution in [0.25, 0.3) is 0 Å². The second kappa shape index (κ2) is 4.72. The number of sulfone groups is 1. The van der Waals surface area contributed by atoms with Gasteiger partial charge in [0.25, 0.3) is 0 Å². The van der Waals surface area contributed by atoms with Crippen molar-refractivity contribution in [2.24, 2.45) is 0 Å². The molecule has 0 amide bonds. The van der Waals surface area contributed by atoms with E-state index < -0.39 is 9.84 Å². The number of rotatable bonds is 5. The van der Waals surface area contributed by atoms with E-state index in [4.69, 9.17) is 0 Å². The van der Waals surface area contributed by atoms with Gasteiger partial charge in [0.2, 0.25) is 0 Å². The average Bonchev–Trinajstić information content (AvgIpc) is 1.78. The van der Waals surface area contributed by atoms with Gasteiger partial charge in [0.15, 0.2) is 0 Å². The van der Waals surface area contributed by atoms with Gasteiger partial charge in [-0.3, -0.25) is 0 Å². The smallest absolute Gasteiger partial charge is 0.147 e. The Hall–Kier alpha value is -0.0500. The van der Waals surface area contributed by atoms with E-state index in [0.29, 0.717) is 5.75 Å². The largest absolute Gasteiger partial charge is 0.229 e. The molecule has 0 aromatic carbocycles. The molecule has 0 atom stereocenters. The van der Waals surface area contributed by atoms with E-state index in [9.17, 15) is 8.42 Å². The summed E-state index contributed by atoms with van der Waals surface area (Å²) in [6, 6.07) is 0. The maximum Gasteiger partial charge on any atom is 0.147 e. The lowest BCUT2D eigenvalue weighted by molar-refractivity contribution is 0.594. The molecule has 0 saturated heterocycles. The highest BCUT2D eigenvalue weighted by atomic mass is 32.2.